The van der Waals surface area contributed by atoms with Crippen LogP contribution in [0.15, 0.2) is 83.3 Å². The maximum absolute atomic E-state index is 11.6. The molecular formula is C25H19BrClNO3. The molecule has 0 unspecified atom stereocenters. The van der Waals surface area contributed by atoms with E-state index in [1.165, 1.54) is 0 Å². The summed E-state index contributed by atoms with van der Waals surface area (Å²) in [5.74, 6) is -0.335. The highest BCUT2D eigenvalue weighted by Crippen LogP contribution is 2.36. The lowest BCUT2D eigenvalue weighted by molar-refractivity contribution is 0.0697. The number of aryl methyl sites for hydroxylation is 1. The van der Waals surface area contributed by atoms with Crippen molar-refractivity contribution in [2.75, 3.05) is 0 Å². The van der Waals surface area contributed by atoms with Crippen molar-refractivity contribution in [3.05, 3.63) is 105 Å². The molecule has 0 atom stereocenters. The molecule has 4 aromatic rings. The van der Waals surface area contributed by atoms with Crippen LogP contribution in [0.2, 0.25) is 5.02 Å². The molecule has 0 aliphatic heterocycles. The third-order valence-corrected chi connectivity index (χ3v) is 5.79. The Labute approximate surface area is 193 Å². The smallest absolute Gasteiger partial charge is 0.337 e. The van der Waals surface area contributed by atoms with Crippen molar-refractivity contribution in [2.45, 2.75) is 13.5 Å². The predicted octanol–water partition coefficient (Wildman–Crippen LogP) is 7.15. The number of carbonyl (C=O) groups is 1. The maximum atomic E-state index is 11.6. The molecule has 31 heavy (non-hydrogen) atoms. The molecule has 1 N–H and O–H groups in total. The van der Waals surface area contributed by atoms with Gasteiger partial charge in [0.1, 0.15) is 12.4 Å². The van der Waals surface area contributed by atoms with Gasteiger partial charge in [0.25, 0.3) is 0 Å². The average Bonchev–Trinajstić information content (AvgIpc) is 3.14. The highest BCUT2D eigenvalue weighted by molar-refractivity contribution is 9.10. The van der Waals surface area contributed by atoms with Crippen LogP contribution in [-0.4, -0.2) is 15.6 Å². The summed E-state index contributed by atoms with van der Waals surface area (Å²) < 4.78 is 9.09. The van der Waals surface area contributed by atoms with Gasteiger partial charge in [-0.1, -0.05) is 57.9 Å². The normalized spacial score (nSPS) is 10.8. The van der Waals surface area contributed by atoms with Crippen LogP contribution in [0.1, 0.15) is 21.6 Å². The quantitative estimate of drug-likeness (QED) is 0.308. The molecule has 0 bridgehead atoms. The van der Waals surface area contributed by atoms with E-state index < -0.39 is 5.97 Å². The van der Waals surface area contributed by atoms with Crippen molar-refractivity contribution in [1.82, 2.24) is 4.57 Å². The van der Waals surface area contributed by atoms with Crippen LogP contribution in [0.3, 0.4) is 0 Å². The fourth-order valence-electron chi connectivity index (χ4n) is 3.47. The Kier molecular flexibility index (Phi) is 6.16. The second-order valence-corrected chi connectivity index (χ2v) is 8.40. The fraction of sp³-hybridized carbons (Fsp3) is 0.0800. The molecule has 1 heterocycles. The monoisotopic (exact) mass is 495 g/mol. The van der Waals surface area contributed by atoms with Gasteiger partial charge in [0, 0.05) is 21.4 Å². The van der Waals surface area contributed by atoms with E-state index in [4.69, 9.17) is 16.3 Å². The Morgan fingerprint density at radius 2 is 1.81 bits per heavy atom. The number of nitrogens with zero attached hydrogens (tertiary/aromatic N) is 1. The topological polar surface area (TPSA) is 51.5 Å². The lowest BCUT2D eigenvalue weighted by Crippen LogP contribution is -2.04. The minimum atomic E-state index is -1.06. The Bertz CT molecular complexity index is 1250. The minimum absolute atomic E-state index is 0.0644. The first kappa shape index (κ1) is 21.2. The number of benzene rings is 3. The molecule has 1 aromatic heterocycles. The number of carboxylic acid groups (broad SMARTS) is 1. The lowest BCUT2D eigenvalue weighted by Gasteiger charge is -2.17. The van der Waals surface area contributed by atoms with Crippen LogP contribution in [0, 0.1) is 6.92 Å². The summed E-state index contributed by atoms with van der Waals surface area (Å²) in [7, 11) is 0. The Morgan fingerprint density at radius 1 is 1.03 bits per heavy atom. The summed E-state index contributed by atoms with van der Waals surface area (Å²) in [6, 6.07) is 24.9. The van der Waals surface area contributed by atoms with E-state index in [0.29, 0.717) is 6.61 Å². The zero-order valence-corrected chi connectivity index (χ0v) is 19.0. The van der Waals surface area contributed by atoms with Crippen molar-refractivity contribution in [1.29, 1.82) is 0 Å². The fourth-order valence-corrected chi connectivity index (χ4v) is 4.01. The summed E-state index contributed by atoms with van der Waals surface area (Å²) in [4.78, 5) is 11.6. The molecule has 0 radical (unpaired) electrons. The van der Waals surface area contributed by atoms with Gasteiger partial charge in [0.2, 0.25) is 0 Å². The van der Waals surface area contributed by atoms with E-state index in [9.17, 15) is 9.90 Å². The van der Waals surface area contributed by atoms with E-state index in [-0.39, 0.29) is 10.6 Å². The van der Waals surface area contributed by atoms with Gasteiger partial charge in [-0.3, -0.25) is 0 Å². The number of ether oxygens (including phenoxy) is 1. The molecule has 0 aliphatic rings. The van der Waals surface area contributed by atoms with Crippen LogP contribution in [0.5, 0.6) is 5.75 Å². The van der Waals surface area contributed by atoms with Gasteiger partial charge in [-0.2, -0.15) is 0 Å². The Balaban J connectivity index is 1.78. The molecule has 4 rings (SSSR count). The van der Waals surface area contributed by atoms with Crippen LogP contribution in [0.25, 0.3) is 16.9 Å². The number of rotatable bonds is 6. The largest absolute Gasteiger partial charge is 0.488 e. The zero-order chi connectivity index (χ0) is 22.0. The summed E-state index contributed by atoms with van der Waals surface area (Å²) >= 11 is 9.61. The molecule has 0 spiro atoms. The van der Waals surface area contributed by atoms with Gasteiger partial charge in [-0.25, -0.2) is 4.79 Å². The van der Waals surface area contributed by atoms with Crippen molar-refractivity contribution in [3.63, 3.8) is 0 Å². The van der Waals surface area contributed by atoms with Gasteiger partial charge in [0.15, 0.2) is 0 Å². The number of halogens is 2. The highest BCUT2D eigenvalue weighted by atomic mass is 79.9. The van der Waals surface area contributed by atoms with E-state index >= 15 is 0 Å². The summed E-state index contributed by atoms with van der Waals surface area (Å²) in [6.45, 7) is 2.41. The minimum Gasteiger partial charge on any atom is -0.488 e. The van der Waals surface area contributed by atoms with Gasteiger partial charge in [0.05, 0.1) is 16.3 Å². The van der Waals surface area contributed by atoms with Gasteiger partial charge >= 0.3 is 5.97 Å². The van der Waals surface area contributed by atoms with Crippen molar-refractivity contribution in [2.24, 2.45) is 0 Å². The van der Waals surface area contributed by atoms with Gasteiger partial charge in [-0.15, -0.1) is 0 Å². The second-order valence-electron chi connectivity index (χ2n) is 7.08. The van der Waals surface area contributed by atoms with Crippen LogP contribution < -0.4 is 4.74 Å². The molecule has 0 amide bonds. The Hall–Kier alpha value is -3.02. The molecule has 6 heteroatoms. The van der Waals surface area contributed by atoms with Gasteiger partial charge in [-0.05, 0) is 61.0 Å². The SMILES string of the molecule is Cc1ccc(-c2ccc(Br)cc2OCc2ccccc2)n1-c1ccc(Cl)c(C(=O)O)c1. The van der Waals surface area contributed by atoms with E-state index in [2.05, 4.69) is 15.9 Å². The molecule has 4 nitrogen and oxygen atoms in total. The Morgan fingerprint density at radius 3 is 2.55 bits per heavy atom. The first-order valence-electron chi connectivity index (χ1n) is 9.62. The molecule has 156 valence electrons. The predicted molar refractivity (Wildman–Crippen MR) is 126 cm³/mol. The van der Waals surface area contributed by atoms with E-state index in [1.807, 2.05) is 78.2 Å². The molecule has 0 fully saturated rings. The maximum Gasteiger partial charge on any atom is 0.337 e. The summed E-state index contributed by atoms with van der Waals surface area (Å²) in [5, 5.41) is 9.68. The van der Waals surface area contributed by atoms with Crippen LogP contribution >= 0.6 is 27.5 Å². The van der Waals surface area contributed by atoms with E-state index in [0.717, 1.165) is 38.4 Å². The van der Waals surface area contributed by atoms with Gasteiger partial charge < -0.3 is 14.4 Å². The molecule has 0 aliphatic carbocycles. The summed E-state index contributed by atoms with van der Waals surface area (Å²) in [5.41, 5.74) is 4.62. The molecular weight excluding hydrogens is 478 g/mol. The molecule has 0 saturated carbocycles. The number of aromatic nitrogens is 1. The zero-order valence-electron chi connectivity index (χ0n) is 16.7. The van der Waals surface area contributed by atoms with Crippen LogP contribution in [0.4, 0.5) is 0 Å². The third-order valence-electron chi connectivity index (χ3n) is 4.97. The van der Waals surface area contributed by atoms with Crippen molar-refractivity contribution in [3.8, 4) is 22.7 Å². The van der Waals surface area contributed by atoms with Crippen molar-refractivity contribution >= 4 is 33.5 Å². The average molecular weight is 497 g/mol. The standard InChI is InChI=1S/C25H19BrClNO3/c1-16-7-12-23(28(16)19-9-11-22(27)21(14-19)25(29)30)20-10-8-18(26)13-24(20)31-15-17-5-3-2-4-6-17/h2-14H,15H2,1H3,(H,29,30). The first-order chi connectivity index (χ1) is 14.9. The van der Waals surface area contributed by atoms with E-state index in [1.54, 1.807) is 12.1 Å². The molecule has 0 saturated heterocycles. The number of hydrogen-bond donors (Lipinski definition) is 1. The first-order valence-corrected chi connectivity index (χ1v) is 10.8. The number of aromatic carboxylic acids is 1. The number of hydrogen-bond acceptors (Lipinski definition) is 2. The highest BCUT2D eigenvalue weighted by Gasteiger charge is 2.17. The second kappa shape index (κ2) is 9.00. The third kappa shape index (κ3) is 4.53. The number of carboxylic acids is 1. The molecule has 3 aromatic carbocycles. The lowest BCUT2D eigenvalue weighted by atomic mass is 10.1. The van der Waals surface area contributed by atoms with Crippen LogP contribution in [-0.2, 0) is 6.61 Å². The summed E-state index contributed by atoms with van der Waals surface area (Å²) in [6.07, 6.45) is 0. The van der Waals surface area contributed by atoms with Crippen molar-refractivity contribution < 1.29 is 14.6 Å².